The zero-order chi connectivity index (χ0) is 19.7. The third-order valence-electron chi connectivity index (χ3n) is 5.08. The van der Waals surface area contributed by atoms with Crippen molar-refractivity contribution in [2.24, 2.45) is 10.4 Å². The maximum Gasteiger partial charge on any atom is 0.246 e. The number of nitrogens with one attached hydrogen (secondary N) is 3. The number of ether oxygens (including phenoxy) is 1. The predicted octanol–water partition coefficient (Wildman–Crippen LogP) is 4.08. The van der Waals surface area contributed by atoms with Gasteiger partial charge in [0.1, 0.15) is 6.54 Å². The summed E-state index contributed by atoms with van der Waals surface area (Å²) in [5, 5.41) is 9.55. The Labute approximate surface area is 193 Å². The average molecular weight is 567 g/mol. The molecule has 1 aliphatic rings. The van der Waals surface area contributed by atoms with Gasteiger partial charge in [0, 0.05) is 37.0 Å². The maximum absolute atomic E-state index is 12.3. The molecule has 0 radical (unpaired) electrons. The Kier molecular flexibility index (Phi) is 11.4. The summed E-state index contributed by atoms with van der Waals surface area (Å²) in [6.45, 7) is 6.45. The van der Waals surface area contributed by atoms with Crippen molar-refractivity contribution in [3.8, 4) is 0 Å². The molecule has 8 heteroatoms. The second-order valence-electron chi connectivity index (χ2n) is 7.15. The first kappa shape index (κ1) is 25.2. The van der Waals surface area contributed by atoms with E-state index in [2.05, 4.69) is 36.9 Å². The highest BCUT2D eigenvalue weighted by Crippen LogP contribution is 2.43. The molecule has 1 aromatic rings. The molecular weight excluding hydrogens is 535 g/mol. The van der Waals surface area contributed by atoms with Gasteiger partial charge in [-0.2, -0.15) is 0 Å². The number of aliphatic imine (C=N–C) groups is 1. The number of benzene rings is 1. The summed E-state index contributed by atoms with van der Waals surface area (Å²) >= 11 is 3.43. The van der Waals surface area contributed by atoms with Crippen molar-refractivity contribution in [3.63, 3.8) is 0 Å². The van der Waals surface area contributed by atoms with Crippen LogP contribution in [0.5, 0.6) is 0 Å². The Morgan fingerprint density at radius 3 is 2.68 bits per heavy atom. The third-order valence-corrected chi connectivity index (χ3v) is 5.57. The standard InChI is InChI=1S/C20H31BrN4O2.HI/c1-4-22-19(24-14-20(8-5-9-20)10-11-27-3)23-13-18(26)25-17-12-16(21)7-6-15(17)2;/h6-7,12H,4-5,8-11,13-14H2,1-3H3,(H,25,26)(H2,22,23,24);1H. The monoisotopic (exact) mass is 566 g/mol. The number of aryl methyl sites for hydroxylation is 1. The van der Waals surface area contributed by atoms with Gasteiger partial charge in [0.05, 0.1) is 0 Å². The Morgan fingerprint density at radius 2 is 2.07 bits per heavy atom. The fourth-order valence-electron chi connectivity index (χ4n) is 3.19. The summed E-state index contributed by atoms with van der Waals surface area (Å²) < 4.78 is 6.19. The van der Waals surface area contributed by atoms with Crippen molar-refractivity contribution < 1.29 is 9.53 Å². The van der Waals surface area contributed by atoms with Crippen molar-refractivity contribution in [2.75, 3.05) is 38.7 Å². The van der Waals surface area contributed by atoms with Gasteiger partial charge in [0.25, 0.3) is 0 Å². The first-order chi connectivity index (χ1) is 13.0. The number of guanidine groups is 1. The lowest BCUT2D eigenvalue weighted by Gasteiger charge is -2.42. The molecule has 0 aliphatic heterocycles. The van der Waals surface area contributed by atoms with Gasteiger partial charge in [-0.15, -0.1) is 24.0 Å². The first-order valence-corrected chi connectivity index (χ1v) is 10.3. The first-order valence-electron chi connectivity index (χ1n) is 9.55. The molecule has 0 saturated heterocycles. The molecule has 158 valence electrons. The number of amides is 1. The van der Waals surface area contributed by atoms with E-state index >= 15 is 0 Å². The molecule has 6 nitrogen and oxygen atoms in total. The highest BCUT2D eigenvalue weighted by atomic mass is 127. The number of carbonyl (C=O) groups excluding carboxylic acids is 1. The van der Waals surface area contributed by atoms with Gasteiger partial charge in [-0.3, -0.25) is 4.79 Å². The fraction of sp³-hybridized carbons (Fsp3) is 0.600. The molecule has 0 unspecified atom stereocenters. The van der Waals surface area contributed by atoms with E-state index in [0.717, 1.165) is 41.8 Å². The number of methoxy groups -OCH3 is 1. The Hall–Kier alpha value is -0.870. The molecule has 1 aliphatic carbocycles. The van der Waals surface area contributed by atoms with Crippen LogP contribution in [0.1, 0.15) is 38.2 Å². The minimum absolute atomic E-state index is 0. The lowest BCUT2D eigenvalue weighted by Crippen LogP contribution is -2.47. The van der Waals surface area contributed by atoms with Gasteiger partial charge in [-0.25, -0.2) is 4.99 Å². The number of rotatable bonds is 9. The van der Waals surface area contributed by atoms with Gasteiger partial charge in [0.15, 0.2) is 5.96 Å². The SMILES string of the molecule is CCNC(=NCC(=O)Nc1cc(Br)ccc1C)NCC1(CCOC)CCC1.I. The summed E-state index contributed by atoms with van der Waals surface area (Å²) in [5.74, 6) is 0.549. The highest BCUT2D eigenvalue weighted by molar-refractivity contribution is 14.0. The molecule has 1 saturated carbocycles. The molecule has 0 spiro atoms. The van der Waals surface area contributed by atoms with Crippen LogP contribution in [0.3, 0.4) is 0 Å². The van der Waals surface area contributed by atoms with E-state index in [-0.39, 0.29) is 36.4 Å². The molecule has 0 heterocycles. The quantitative estimate of drug-likeness (QED) is 0.239. The van der Waals surface area contributed by atoms with Crippen LogP contribution in [-0.2, 0) is 9.53 Å². The van der Waals surface area contributed by atoms with E-state index in [0.29, 0.717) is 11.4 Å². The number of halogens is 2. The van der Waals surface area contributed by atoms with Gasteiger partial charge < -0.3 is 20.7 Å². The number of anilines is 1. The molecule has 28 heavy (non-hydrogen) atoms. The molecule has 1 aromatic carbocycles. The van der Waals surface area contributed by atoms with Crippen LogP contribution in [0.2, 0.25) is 0 Å². The smallest absolute Gasteiger partial charge is 0.246 e. The maximum atomic E-state index is 12.3. The van der Waals surface area contributed by atoms with Crippen molar-refractivity contribution in [3.05, 3.63) is 28.2 Å². The number of carbonyl (C=O) groups is 1. The van der Waals surface area contributed by atoms with Crippen LogP contribution in [0.4, 0.5) is 5.69 Å². The Bertz CT molecular complexity index is 666. The van der Waals surface area contributed by atoms with E-state index in [1.165, 1.54) is 19.3 Å². The number of hydrogen-bond acceptors (Lipinski definition) is 3. The summed E-state index contributed by atoms with van der Waals surface area (Å²) in [6.07, 6.45) is 4.75. The topological polar surface area (TPSA) is 74.8 Å². The van der Waals surface area contributed by atoms with Gasteiger partial charge >= 0.3 is 0 Å². The highest BCUT2D eigenvalue weighted by Gasteiger charge is 2.36. The molecular formula is C20H32BrIN4O2. The van der Waals surface area contributed by atoms with Crippen molar-refractivity contribution >= 4 is 57.5 Å². The van der Waals surface area contributed by atoms with Crippen molar-refractivity contribution in [1.82, 2.24) is 10.6 Å². The molecule has 2 rings (SSSR count). The van der Waals surface area contributed by atoms with Crippen molar-refractivity contribution in [1.29, 1.82) is 0 Å². The molecule has 3 N–H and O–H groups in total. The largest absolute Gasteiger partial charge is 0.385 e. The van der Waals surface area contributed by atoms with E-state index in [9.17, 15) is 4.79 Å². The second kappa shape index (κ2) is 12.6. The zero-order valence-electron chi connectivity index (χ0n) is 16.9. The van der Waals surface area contributed by atoms with E-state index < -0.39 is 0 Å². The molecule has 0 atom stereocenters. The third kappa shape index (κ3) is 7.87. The average Bonchev–Trinajstić information content (AvgIpc) is 2.61. The zero-order valence-corrected chi connectivity index (χ0v) is 20.9. The van der Waals surface area contributed by atoms with Crippen LogP contribution in [0, 0.1) is 12.3 Å². The van der Waals surface area contributed by atoms with E-state index in [4.69, 9.17) is 4.74 Å². The van der Waals surface area contributed by atoms with Crippen LogP contribution in [-0.4, -0.2) is 45.2 Å². The van der Waals surface area contributed by atoms with Crippen LogP contribution < -0.4 is 16.0 Å². The minimum atomic E-state index is -0.133. The number of hydrogen-bond donors (Lipinski definition) is 3. The fourth-order valence-corrected chi connectivity index (χ4v) is 3.55. The summed E-state index contributed by atoms with van der Waals surface area (Å²) in [5.41, 5.74) is 2.11. The van der Waals surface area contributed by atoms with Crippen molar-refractivity contribution in [2.45, 2.75) is 39.5 Å². The lowest BCUT2D eigenvalue weighted by atomic mass is 9.67. The minimum Gasteiger partial charge on any atom is -0.385 e. The van der Waals surface area contributed by atoms with Gasteiger partial charge in [0.2, 0.25) is 5.91 Å². The van der Waals surface area contributed by atoms with Gasteiger partial charge in [-0.1, -0.05) is 28.4 Å². The van der Waals surface area contributed by atoms with Crippen LogP contribution in [0.25, 0.3) is 0 Å². The number of nitrogens with zero attached hydrogens (tertiary/aromatic N) is 1. The van der Waals surface area contributed by atoms with Crippen LogP contribution >= 0.6 is 39.9 Å². The molecule has 0 bridgehead atoms. The predicted molar refractivity (Wildman–Crippen MR) is 130 cm³/mol. The van der Waals surface area contributed by atoms with Crippen LogP contribution in [0.15, 0.2) is 27.7 Å². The summed E-state index contributed by atoms with van der Waals surface area (Å²) in [6, 6.07) is 5.82. The van der Waals surface area contributed by atoms with E-state index in [1.54, 1.807) is 7.11 Å². The molecule has 0 aromatic heterocycles. The molecule has 1 amide bonds. The molecule has 1 fully saturated rings. The van der Waals surface area contributed by atoms with Gasteiger partial charge in [-0.05, 0) is 56.2 Å². The van der Waals surface area contributed by atoms with E-state index in [1.807, 2.05) is 32.0 Å². The summed E-state index contributed by atoms with van der Waals surface area (Å²) in [7, 11) is 1.75. The second-order valence-corrected chi connectivity index (χ2v) is 8.07. The normalized spacial score (nSPS) is 15.2. The Morgan fingerprint density at radius 1 is 1.32 bits per heavy atom. The lowest BCUT2D eigenvalue weighted by molar-refractivity contribution is -0.114. The summed E-state index contributed by atoms with van der Waals surface area (Å²) in [4.78, 5) is 16.7. The Balaban J connectivity index is 0.00000392.